The average molecular weight is 609 g/mol. The Morgan fingerprint density at radius 2 is 1.60 bits per heavy atom. The van der Waals surface area contributed by atoms with Crippen LogP contribution in [0, 0.1) is 11.7 Å². The molecule has 7 nitrogen and oxygen atoms in total. The number of nitrogens with one attached hydrogen (secondary N) is 1. The normalized spacial score (nSPS) is 12.2. The molecule has 0 aliphatic rings. The van der Waals surface area contributed by atoms with Crippen molar-refractivity contribution in [1.82, 2.24) is 10.2 Å². The second-order valence-corrected chi connectivity index (χ2v) is 12.4. The number of hydrogen-bond acceptors (Lipinski definition) is 4. The first kappa shape index (κ1) is 31.4. The van der Waals surface area contributed by atoms with E-state index in [1.54, 1.807) is 19.1 Å². The lowest BCUT2D eigenvalue weighted by atomic mass is 10.1. The summed E-state index contributed by atoms with van der Waals surface area (Å²) in [5.41, 5.74) is 0.759. The van der Waals surface area contributed by atoms with Gasteiger partial charge in [0.1, 0.15) is 18.4 Å². The molecular weight excluding hydrogens is 576 g/mol. The van der Waals surface area contributed by atoms with E-state index in [4.69, 9.17) is 23.2 Å². The predicted octanol–water partition coefficient (Wildman–Crippen LogP) is 5.91. The fraction of sp³-hybridized carbons (Fsp3) is 0.310. The van der Waals surface area contributed by atoms with Gasteiger partial charge >= 0.3 is 0 Å². The van der Waals surface area contributed by atoms with Gasteiger partial charge in [0, 0.05) is 23.1 Å². The molecule has 2 amide bonds. The first-order valence-electron chi connectivity index (χ1n) is 12.8. The molecule has 0 unspecified atom stereocenters. The van der Waals surface area contributed by atoms with Gasteiger partial charge in [0.15, 0.2) is 0 Å². The van der Waals surface area contributed by atoms with Crippen LogP contribution in [0.4, 0.5) is 10.1 Å². The number of amides is 2. The van der Waals surface area contributed by atoms with E-state index >= 15 is 0 Å². The molecule has 0 aliphatic carbocycles. The van der Waals surface area contributed by atoms with E-state index in [2.05, 4.69) is 5.32 Å². The van der Waals surface area contributed by atoms with Crippen molar-refractivity contribution in [1.29, 1.82) is 0 Å². The van der Waals surface area contributed by atoms with Gasteiger partial charge in [-0.15, -0.1) is 0 Å². The number of rotatable bonds is 12. The minimum atomic E-state index is -4.25. The summed E-state index contributed by atoms with van der Waals surface area (Å²) in [6.45, 7) is 5.44. The van der Waals surface area contributed by atoms with E-state index in [9.17, 15) is 22.4 Å². The molecule has 0 saturated carbocycles. The maximum atomic E-state index is 14.0. The SMILES string of the molecule is CC[C@@H](C(=O)NCC(C)C)N(Cc1ccc(F)cc1)C(=O)CN(c1cccc(Cl)c1)S(=O)(=O)c1ccc(Cl)cc1. The van der Waals surface area contributed by atoms with E-state index in [0.717, 1.165) is 4.31 Å². The quantitative estimate of drug-likeness (QED) is 0.277. The van der Waals surface area contributed by atoms with Gasteiger partial charge in [0.25, 0.3) is 10.0 Å². The number of nitrogens with zero attached hydrogens (tertiary/aromatic N) is 2. The summed E-state index contributed by atoms with van der Waals surface area (Å²) >= 11 is 12.2. The first-order chi connectivity index (χ1) is 18.9. The first-order valence-corrected chi connectivity index (χ1v) is 15.0. The molecule has 0 fully saturated rings. The molecule has 0 saturated heterocycles. The number of benzene rings is 3. The molecule has 214 valence electrons. The van der Waals surface area contributed by atoms with Gasteiger partial charge in [0.2, 0.25) is 11.8 Å². The second-order valence-electron chi connectivity index (χ2n) is 9.66. The van der Waals surface area contributed by atoms with E-state index in [0.29, 0.717) is 17.1 Å². The zero-order valence-corrected chi connectivity index (χ0v) is 24.8. The fourth-order valence-electron chi connectivity index (χ4n) is 4.02. The van der Waals surface area contributed by atoms with Crippen molar-refractivity contribution >= 4 is 50.7 Å². The summed E-state index contributed by atoms with van der Waals surface area (Å²) in [6.07, 6.45) is 0.276. The van der Waals surface area contributed by atoms with Gasteiger partial charge < -0.3 is 10.2 Å². The average Bonchev–Trinajstić information content (AvgIpc) is 2.91. The van der Waals surface area contributed by atoms with E-state index in [1.807, 2.05) is 13.8 Å². The minimum absolute atomic E-state index is 0.0307. The van der Waals surface area contributed by atoms with Crippen molar-refractivity contribution in [2.24, 2.45) is 5.92 Å². The standard InChI is InChI=1S/C29H32Cl2FN3O4S/c1-4-27(29(37)33-17-20(2)3)34(18-21-8-12-24(32)13-9-21)28(36)19-35(25-7-5-6-23(31)16-25)40(38,39)26-14-10-22(30)11-15-26/h5-16,20,27H,4,17-19H2,1-3H3,(H,33,37)/t27-/m0/s1. The predicted molar refractivity (Wildman–Crippen MR) is 156 cm³/mol. The molecule has 1 N–H and O–H groups in total. The number of hydrogen-bond donors (Lipinski definition) is 1. The summed E-state index contributed by atoms with van der Waals surface area (Å²) in [5, 5.41) is 3.50. The molecule has 40 heavy (non-hydrogen) atoms. The number of sulfonamides is 1. The zero-order chi connectivity index (χ0) is 29.4. The van der Waals surface area contributed by atoms with E-state index in [1.165, 1.54) is 65.6 Å². The zero-order valence-electron chi connectivity index (χ0n) is 22.5. The number of carbonyl (C=O) groups is 2. The van der Waals surface area contributed by atoms with Crippen molar-refractivity contribution in [3.63, 3.8) is 0 Å². The van der Waals surface area contributed by atoms with E-state index in [-0.39, 0.29) is 40.4 Å². The molecule has 3 rings (SSSR count). The van der Waals surface area contributed by atoms with Crippen LogP contribution in [0.5, 0.6) is 0 Å². The van der Waals surface area contributed by atoms with Crippen molar-refractivity contribution in [3.8, 4) is 0 Å². The van der Waals surface area contributed by atoms with Gasteiger partial charge in [-0.05, 0) is 72.5 Å². The van der Waals surface area contributed by atoms with Gasteiger partial charge in [-0.3, -0.25) is 13.9 Å². The van der Waals surface area contributed by atoms with Crippen molar-refractivity contribution in [2.75, 3.05) is 17.4 Å². The monoisotopic (exact) mass is 607 g/mol. The summed E-state index contributed by atoms with van der Waals surface area (Å²) in [4.78, 5) is 28.4. The highest BCUT2D eigenvalue weighted by Crippen LogP contribution is 2.27. The minimum Gasteiger partial charge on any atom is -0.354 e. The third-order valence-electron chi connectivity index (χ3n) is 6.11. The maximum absolute atomic E-state index is 14.0. The summed E-state index contributed by atoms with van der Waals surface area (Å²) in [7, 11) is -4.25. The highest BCUT2D eigenvalue weighted by Gasteiger charge is 2.33. The lowest BCUT2D eigenvalue weighted by Gasteiger charge is -2.33. The van der Waals surface area contributed by atoms with Gasteiger partial charge in [-0.25, -0.2) is 12.8 Å². The molecule has 3 aromatic carbocycles. The highest BCUT2D eigenvalue weighted by atomic mass is 35.5. The third kappa shape index (κ3) is 8.19. The van der Waals surface area contributed by atoms with Crippen LogP contribution in [0.3, 0.4) is 0 Å². The van der Waals surface area contributed by atoms with Crippen molar-refractivity contribution in [3.05, 3.63) is 94.2 Å². The second kappa shape index (κ2) is 14.0. The Balaban J connectivity index is 2.04. The molecule has 11 heteroatoms. The van der Waals surface area contributed by atoms with Crippen LogP contribution in [0.25, 0.3) is 0 Å². The molecule has 0 heterocycles. The Kier molecular flexibility index (Phi) is 11.0. The topological polar surface area (TPSA) is 86.8 Å². The van der Waals surface area contributed by atoms with Crippen LogP contribution >= 0.6 is 23.2 Å². The van der Waals surface area contributed by atoms with Crippen molar-refractivity contribution in [2.45, 2.75) is 44.7 Å². The summed E-state index contributed by atoms with van der Waals surface area (Å²) in [6, 6.07) is 16.4. The lowest BCUT2D eigenvalue weighted by Crippen LogP contribution is -2.52. The molecule has 1 atom stereocenters. The van der Waals surface area contributed by atoms with Gasteiger partial charge in [-0.1, -0.05) is 62.2 Å². The van der Waals surface area contributed by atoms with Crippen LogP contribution in [-0.2, 0) is 26.2 Å². The highest BCUT2D eigenvalue weighted by molar-refractivity contribution is 7.92. The maximum Gasteiger partial charge on any atom is 0.264 e. The third-order valence-corrected chi connectivity index (χ3v) is 8.39. The van der Waals surface area contributed by atoms with Crippen LogP contribution in [0.1, 0.15) is 32.8 Å². The summed E-state index contributed by atoms with van der Waals surface area (Å²) in [5.74, 6) is -1.23. The largest absolute Gasteiger partial charge is 0.354 e. The van der Waals surface area contributed by atoms with Crippen molar-refractivity contribution < 1.29 is 22.4 Å². The van der Waals surface area contributed by atoms with Crippen LogP contribution in [0.2, 0.25) is 10.0 Å². The number of halogens is 3. The summed E-state index contributed by atoms with van der Waals surface area (Å²) < 4.78 is 42.2. The lowest BCUT2D eigenvalue weighted by molar-refractivity contribution is -0.140. The Morgan fingerprint density at radius 3 is 2.17 bits per heavy atom. The number of carbonyl (C=O) groups excluding carboxylic acids is 2. The van der Waals surface area contributed by atoms with Crippen LogP contribution in [-0.4, -0.2) is 44.3 Å². The number of anilines is 1. The molecule has 0 aromatic heterocycles. The Labute approximate surface area is 244 Å². The Bertz CT molecular complexity index is 1420. The molecule has 0 bridgehead atoms. The van der Waals surface area contributed by atoms with Gasteiger partial charge in [-0.2, -0.15) is 0 Å². The smallest absolute Gasteiger partial charge is 0.264 e. The molecular formula is C29H32Cl2FN3O4S. The molecule has 0 aliphatic heterocycles. The molecule has 3 aromatic rings. The van der Waals surface area contributed by atoms with Crippen LogP contribution in [0.15, 0.2) is 77.7 Å². The molecule has 0 spiro atoms. The van der Waals surface area contributed by atoms with Crippen LogP contribution < -0.4 is 9.62 Å². The fourth-order valence-corrected chi connectivity index (χ4v) is 5.74. The van der Waals surface area contributed by atoms with Gasteiger partial charge in [0.05, 0.1) is 10.6 Å². The Hall–Kier alpha value is -3.14. The van der Waals surface area contributed by atoms with E-state index < -0.39 is 34.3 Å². The Morgan fingerprint density at radius 1 is 0.950 bits per heavy atom. The molecule has 0 radical (unpaired) electrons.